The Kier molecular flexibility index (Phi) is 1.70. The van der Waals surface area contributed by atoms with Crippen LogP contribution in [0.2, 0.25) is 0 Å². The molecular formula is C9H9N2O. The van der Waals surface area contributed by atoms with Crippen LogP contribution in [0, 0.1) is 0 Å². The molecule has 2 rings (SSSR count). The number of rotatable bonds is 0. The molecule has 61 valence electrons. The highest BCUT2D eigenvalue weighted by Crippen LogP contribution is 2.16. The van der Waals surface area contributed by atoms with Crippen molar-refractivity contribution >= 4 is 11.7 Å². The summed E-state index contributed by atoms with van der Waals surface area (Å²) in [5.41, 5.74) is 2.05. The molecule has 0 unspecified atom stereocenters. The molecule has 0 aromatic heterocycles. The first-order valence-corrected chi connectivity index (χ1v) is 3.92. The van der Waals surface area contributed by atoms with Crippen LogP contribution in [-0.2, 0) is 6.42 Å². The number of urea groups is 1. The maximum absolute atomic E-state index is 11.0. The van der Waals surface area contributed by atoms with E-state index in [4.69, 9.17) is 0 Å². The molecule has 0 spiro atoms. The Morgan fingerprint density at radius 2 is 2.17 bits per heavy atom. The van der Waals surface area contributed by atoms with Gasteiger partial charge in [-0.25, -0.2) is 10.1 Å². The first-order valence-electron chi connectivity index (χ1n) is 3.92. The maximum atomic E-state index is 11.0. The monoisotopic (exact) mass is 161 g/mol. The van der Waals surface area contributed by atoms with Crippen molar-refractivity contribution in [1.82, 2.24) is 5.32 Å². The molecule has 1 N–H and O–H groups in total. The molecule has 1 aliphatic heterocycles. The molecule has 0 aliphatic carbocycles. The molecular weight excluding hydrogens is 152 g/mol. The minimum absolute atomic E-state index is 0.236. The molecule has 1 aliphatic rings. The van der Waals surface area contributed by atoms with Gasteiger partial charge in [-0.3, -0.25) is 0 Å². The third-order valence-electron chi connectivity index (χ3n) is 1.90. The number of fused-ring (bicyclic) bond motifs is 1. The Bertz CT molecular complexity index is 309. The summed E-state index contributed by atoms with van der Waals surface area (Å²) in [5.74, 6) is 0. The van der Waals surface area contributed by atoms with E-state index in [0.29, 0.717) is 6.54 Å². The lowest BCUT2D eigenvalue weighted by Gasteiger charge is -2.02. The van der Waals surface area contributed by atoms with Gasteiger partial charge in [-0.05, 0) is 18.1 Å². The summed E-state index contributed by atoms with van der Waals surface area (Å²) in [5, 5.41) is 6.51. The van der Waals surface area contributed by atoms with Crippen LogP contribution in [0.1, 0.15) is 5.56 Å². The minimum Gasteiger partial charge on any atom is -0.306 e. The van der Waals surface area contributed by atoms with Crippen molar-refractivity contribution in [3.05, 3.63) is 29.8 Å². The van der Waals surface area contributed by atoms with Crippen molar-refractivity contribution in [1.29, 1.82) is 0 Å². The van der Waals surface area contributed by atoms with Crippen LogP contribution in [0.5, 0.6) is 0 Å². The van der Waals surface area contributed by atoms with E-state index in [-0.39, 0.29) is 6.03 Å². The fourth-order valence-corrected chi connectivity index (χ4v) is 1.29. The zero-order valence-corrected chi connectivity index (χ0v) is 6.58. The van der Waals surface area contributed by atoms with Crippen molar-refractivity contribution in [3.63, 3.8) is 0 Å². The van der Waals surface area contributed by atoms with Crippen LogP contribution >= 0.6 is 0 Å². The van der Waals surface area contributed by atoms with Crippen LogP contribution in [0.25, 0.3) is 0 Å². The minimum atomic E-state index is -0.236. The molecule has 1 aromatic rings. The van der Waals surface area contributed by atoms with E-state index in [1.54, 1.807) is 0 Å². The van der Waals surface area contributed by atoms with Gasteiger partial charge < -0.3 is 5.32 Å². The molecule has 0 fully saturated rings. The third kappa shape index (κ3) is 1.25. The second-order valence-corrected chi connectivity index (χ2v) is 2.72. The molecule has 1 heterocycles. The van der Waals surface area contributed by atoms with Gasteiger partial charge in [-0.2, -0.15) is 0 Å². The van der Waals surface area contributed by atoms with E-state index >= 15 is 0 Å². The molecule has 0 saturated carbocycles. The molecule has 1 aromatic carbocycles. The van der Waals surface area contributed by atoms with Crippen LogP contribution in [0.3, 0.4) is 0 Å². The SMILES string of the molecule is O=C1[N]CCc2ccccc2N1. The molecule has 3 nitrogen and oxygen atoms in total. The topological polar surface area (TPSA) is 43.2 Å². The molecule has 2 amide bonds. The van der Waals surface area contributed by atoms with E-state index in [9.17, 15) is 4.79 Å². The predicted octanol–water partition coefficient (Wildman–Crippen LogP) is 1.38. The van der Waals surface area contributed by atoms with Crippen molar-refractivity contribution in [2.24, 2.45) is 0 Å². The summed E-state index contributed by atoms with van der Waals surface area (Å²) >= 11 is 0. The quantitative estimate of drug-likeness (QED) is 0.613. The highest BCUT2D eigenvalue weighted by molar-refractivity contribution is 5.90. The standard InChI is InChI=1S/C9H9N2O/c12-9-10-6-5-7-3-1-2-4-8(7)11-9/h1-4H,5-6H2,(H,11,12). The summed E-state index contributed by atoms with van der Waals surface area (Å²) in [7, 11) is 0. The number of benzene rings is 1. The summed E-state index contributed by atoms with van der Waals surface area (Å²) in [6.07, 6.45) is 0.842. The fraction of sp³-hybridized carbons (Fsp3) is 0.222. The van der Waals surface area contributed by atoms with Crippen LogP contribution < -0.4 is 10.6 Å². The molecule has 3 heteroatoms. The van der Waals surface area contributed by atoms with Crippen molar-refractivity contribution in [2.75, 3.05) is 11.9 Å². The lowest BCUT2D eigenvalue weighted by Crippen LogP contribution is -2.20. The first kappa shape index (κ1) is 7.16. The predicted molar refractivity (Wildman–Crippen MR) is 46.2 cm³/mol. The Hall–Kier alpha value is -1.51. The van der Waals surface area contributed by atoms with Gasteiger partial charge >= 0.3 is 6.03 Å². The average Bonchev–Trinajstić information content (AvgIpc) is 2.25. The van der Waals surface area contributed by atoms with E-state index < -0.39 is 0 Å². The van der Waals surface area contributed by atoms with Crippen LogP contribution in [0.4, 0.5) is 10.5 Å². The Labute approximate surface area is 70.8 Å². The lowest BCUT2D eigenvalue weighted by molar-refractivity contribution is 0.252. The number of para-hydroxylation sites is 1. The van der Waals surface area contributed by atoms with Crippen molar-refractivity contribution < 1.29 is 4.79 Å². The second-order valence-electron chi connectivity index (χ2n) is 2.72. The van der Waals surface area contributed by atoms with Gasteiger partial charge in [0.05, 0.1) is 0 Å². The van der Waals surface area contributed by atoms with E-state index in [1.807, 2.05) is 24.3 Å². The largest absolute Gasteiger partial charge is 0.340 e. The van der Waals surface area contributed by atoms with Crippen LogP contribution in [0.15, 0.2) is 24.3 Å². The molecule has 0 saturated heterocycles. The highest BCUT2D eigenvalue weighted by atomic mass is 16.2. The number of nitrogens with zero attached hydrogens (tertiary/aromatic N) is 1. The average molecular weight is 161 g/mol. The number of amides is 2. The van der Waals surface area contributed by atoms with Crippen molar-refractivity contribution in [3.8, 4) is 0 Å². The number of hydrogen-bond donors (Lipinski definition) is 1. The van der Waals surface area contributed by atoms with Gasteiger partial charge in [-0.15, -0.1) is 0 Å². The van der Waals surface area contributed by atoms with E-state index in [1.165, 1.54) is 0 Å². The van der Waals surface area contributed by atoms with Gasteiger partial charge in [0.1, 0.15) is 0 Å². The third-order valence-corrected chi connectivity index (χ3v) is 1.90. The summed E-state index contributed by atoms with van der Waals surface area (Å²) in [4.78, 5) is 11.0. The zero-order valence-electron chi connectivity index (χ0n) is 6.58. The molecule has 0 bridgehead atoms. The van der Waals surface area contributed by atoms with Crippen molar-refractivity contribution in [2.45, 2.75) is 6.42 Å². The number of nitrogens with one attached hydrogen (secondary N) is 1. The molecule has 12 heavy (non-hydrogen) atoms. The summed E-state index contributed by atoms with van der Waals surface area (Å²) in [6.45, 7) is 0.586. The van der Waals surface area contributed by atoms with Gasteiger partial charge in [0.25, 0.3) is 0 Å². The highest BCUT2D eigenvalue weighted by Gasteiger charge is 2.11. The zero-order chi connectivity index (χ0) is 8.39. The fourth-order valence-electron chi connectivity index (χ4n) is 1.29. The second kappa shape index (κ2) is 2.85. The lowest BCUT2D eigenvalue weighted by atomic mass is 10.1. The van der Waals surface area contributed by atoms with Gasteiger partial charge in [0.15, 0.2) is 0 Å². The Morgan fingerprint density at radius 1 is 1.33 bits per heavy atom. The normalized spacial score (nSPS) is 15.5. The molecule has 1 radical (unpaired) electrons. The Balaban J connectivity index is 2.37. The van der Waals surface area contributed by atoms with E-state index in [0.717, 1.165) is 17.7 Å². The maximum Gasteiger partial charge on any atom is 0.340 e. The number of carbonyl (C=O) groups is 1. The first-order chi connectivity index (χ1) is 5.86. The molecule has 0 atom stereocenters. The smallest absolute Gasteiger partial charge is 0.306 e. The summed E-state index contributed by atoms with van der Waals surface area (Å²) < 4.78 is 0. The number of carbonyl (C=O) groups excluding carboxylic acids is 1. The van der Waals surface area contributed by atoms with E-state index in [2.05, 4.69) is 10.6 Å². The Morgan fingerprint density at radius 3 is 3.08 bits per heavy atom. The number of anilines is 1. The van der Waals surface area contributed by atoms with Gasteiger partial charge in [-0.1, -0.05) is 18.2 Å². The summed E-state index contributed by atoms with van der Waals surface area (Å²) in [6, 6.07) is 7.55. The van der Waals surface area contributed by atoms with Gasteiger partial charge in [0.2, 0.25) is 0 Å². The van der Waals surface area contributed by atoms with Gasteiger partial charge in [0, 0.05) is 12.2 Å². The number of hydrogen-bond acceptors (Lipinski definition) is 1. The van der Waals surface area contributed by atoms with Crippen LogP contribution in [-0.4, -0.2) is 12.6 Å².